The predicted octanol–water partition coefficient (Wildman–Crippen LogP) is 2.32. The largest absolute Gasteiger partial charge is 0.337 e. The fourth-order valence-electron chi connectivity index (χ4n) is 3.12. The molecule has 4 rings (SSSR count). The standard InChI is InChI=1S/C16H17N5O/c1-19-10-12(6-8-20-9-7-17-11-20)15-18-13-4-2-3-5-14(13)21(15)16(19)22/h2-5,7,9,11-12H,6,8,10H2,1H3. The first-order chi connectivity index (χ1) is 10.7. The van der Waals surface area contributed by atoms with Gasteiger partial charge in [0.05, 0.1) is 17.4 Å². The van der Waals surface area contributed by atoms with Gasteiger partial charge in [0.1, 0.15) is 5.82 Å². The highest BCUT2D eigenvalue weighted by Crippen LogP contribution is 2.29. The van der Waals surface area contributed by atoms with Crippen molar-refractivity contribution in [1.29, 1.82) is 0 Å². The van der Waals surface area contributed by atoms with Crippen LogP contribution in [0.1, 0.15) is 18.2 Å². The van der Waals surface area contributed by atoms with Crippen LogP contribution in [0.5, 0.6) is 0 Å². The zero-order valence-corrected chi connectivity index (χ0v) is 12.4. The summed E-state index contributed by atoms with van der Waals surface area (Å²) in [6.07, 6.45) is 6.49. The number of hydrogen-bond acceptors (Lipinski definition) is 3. The van der Waals surface area contributed by atoms with Crippen LogP contribution in [0.2, 0.25) is 0 Å². The highest BCUT2D eigenvalue weighted by molar-refractivity contribution is 5.91. The highest BCUT2D eigenvalue weighted by Gasteiger charge is 2.31. The van der Waals surface area contributed by atoms with Crippen LogP contribution in [0.4, 0.5) is 4.79 Å². The van der Waals surface area contributed by atoms with Crippen LogP contribution < -0.4 is 0 Å². The van der Waals surface area contributed by atoms with Crippen LogP contribution >= 0.6 is 0 Å². The van der Waals surface area contributed by atoms with Crippen molar-refractivity contribution in [2.75, 3.05) is 13.6 Å². The Balaban J connectivity index is 1.72. The first kappa shape index (κ1) is 13.1. The van der Waals surface area contributed by atoms with E-state index in [-0.39, 0.29) is 11.9 Å². The maximum atomic E-state index is 12.5. The topological polar surface area (TPSA) is 56.0 Å². The fraction of sp³-hybridized carbons (Fsp3) is 0.312. The van der Waals surface area contributed by atoms with Crippen molar-refractivity contribution in [2.24, 2.45) is 0 Å². The number of imidazole rings is 2. The van der Waals surface area contributed by atoms with Crippen LogP contribution in [0.15, 0.2) is 43.0 Å². The Kier molecular flexibility index (Phi) is 2.96. The summed E-state index contributed by atoms with van der Waals surface area (Å²) in [5.74, 6) is 1.11. The minimum atomic E-state index is 0.00239. The van der Waals surface area contributed by atoms with E-state index < -0.39 is 0 Å². The second-order valence-corrected chi connectivity index (χ2v) is 5.74. The molecule has 1 aromatic carbocycles. The quantitative estimate of drug-likeness (QED) is 0.745. The molecule has 1 aliphatic rings. The first-order valence-electron chi connectivity index (χ1n) is 7.42. The Morgan fingerprint density at radius 2 is 2.18 bits per heavy atom. The van der Waals surface area contributed by atoms with Gasteiger partial charge in [-0.3, -0.25) is 0 Å². The van der Waals surface area contributed by atoms with Gasteiger partial charge in [0.15, 0.2) is 0 Å². The van der Waals surface area contributed by atoms with Gasteiger partial charge in [-0.25, -0.2) is 19.3 Å². The van der Waals surface area contributed by atoms with Crippen molar-refractivity contribution in [1.82, 2.24) is 24.0 Å². The van der Waals surface area contributed by atoms with Crippen molar-refractivity contribution in [3.05, 3.63) is 48.8 Å². The molecule has 2 aromatic heterocycles. The number of fused-ring (bicyclic) bond motifs is 3. The fourth-order valence-corrected chi connectivity index (χ4v) is 3.12. The lowest BCUT2D eigenvalue weighted by atomic mass is 10.0. The summed E-state index contributed by atoms with van der Waals surface area (Å²) in [5, 5.41) is 0. The molecule has 0 saturated heterocycles. The number of benzene rings is 1. The number of hydrogen-bond donors (Lipinski definition) is 0. The molecular weight excluding hydrogens is 278 g/mol. The third kappa shape index (κ3) is 1.99. The average Bonchev–Trinajstić information content (AvgIpc) is 3.16. The van der Waals surface area contributed by atoms with E-state index in [1.165, 1.54) is 0 Å². The Hall–Kier alpha value is -2.63. The van der Waals surface area contributed by atoms with Crippen LogP contribution in [0, 0.1) is 0 Å². The molecule has 6 nitrogen and oxygen atoms in total. The van der Waals surface area contributed by atoms with E-state index in [1.807, 2.05) is 43.8 Å². The van der Waals surface area contributed by atoms with Crippen LogP contribution in [0.3, 0.4) is 0 Å². The Morgan fingerprint density at radius 1 is 1.32 bits per heavy atom. The van der Waals surface area contributed by atoms with Gasteiger partial charge in [0.2, 0.25) is 0 Å². The molecule has 22 heavy (non-hydrogen) atoms. The van der Waals surface area contributed by atoms with Gasteiger partial charge in [0, 0.05) is 38.4 Å². The van der Waals surface area contributed by atoms with E-state index in [0.717, 1.165) is 29.8 Å². The highest BCUT2D eigenvalue weighted by atomic mass is 16.2. The van der Waals surface area contributed by atoms with Crippen LogP contribution in [-0.2, 0) is 6.54 Å². The van der Waals surface area contributed by atoms with Gasteiger partial charge in [-0.15, -0.1) is 0 Å². The molecule has 0 N–H and O–H groups in total. The molecule has 0 aliphatic carbocycles. The number of carbonyl (C=O) groups excluding carboxylic acids is 1. The van der Waals surface area contributed by atoms with E-state index in [1.54, 1.807) is 15.7 Å². The van der Waals surface area contributed by atoms with Crippen molar-refractivity contribution >= 4 is 17.1 Å². The van der Waals surface area contributed by atoms with Gasteiger partial charge in [0.25, 0.3) is 0 Å². The number of likely N-dealkylation sites (N-methyl/N-ethyl adjacent to an activating group) is 1. The van der Waals surface area contributed by atoms with E-state index in [9.17, 15) is 4.79 Å². The Morgan fingerprint density at radius 3 is 3.00 bits per heavy atom. The Bertz CT molecular complexity index is 820. The van der Waals surface area contributed by atoms with Gasteiger partial charge < -0.3 is 9.47 Å². The van der Waals surface area contributed by atoms with Crippen molar-refractivity contribution in [3.63, 3.8) is 0 Å². The molecule has 1 atom stereocenters. The van der Waals surface area contributed by atoms with Crippen molar-refractivity contribution in [3.8, 4) is 0 Å². The van der Waals surface area contributed by atoms with Crippen LogP contribution in [-0.4, -0.2) is 43.6 Å². The van der Waals surface area contributed by atoms with Gasteiger partial charge in [-0.05, 0) is 18.6 Å². The number of nitrogens with zero attached hydrogens (tertiary/aromatic N) is 5. The normalized spacial score (nSPS) is 18.0. The monoisotopic (exact) mass is 295 g/mol. The lowest BCUT2D eigenvalue weighted by Gasteiger charge is -2.30. The SMILES string of the molecule is CN1CC(CCn2ccnc2)c2nc3ccccc3n2C1=O. The predicted molar refractivity (Wildman–Crippen MR) is 82.7 cm³/mol. The molecule has 0 fully saturated rings. The molecule has 112 valence electrons. The van der Waals surface area contributed by atoms with E-state index in [0.29, 0.717) is 6.54 Å². The molecule has 0 spiro atoms. The third-order valence-electron chi connectivity index (χ3n) is 4.26. The first-order valence-corrected chi connectivity index (χ1v) is 7.42. The zero-order chi connectivity index (χ0) is 15.1. The molecule has 3 aromatic rings. The van der Waals surface area contributed by atoms with E-state index in [4.69, 9.17) is 4.98 Å². The number of para-hydroxylation sites is 2. The number of carbonyl (C=O) groups is 1. The van der Waals surface area contributed by atoms with E-state index >= 15 is 0 Å². The summed E-state index contributed by atoms with van der Waals surface area (Å²) < 4.78 is 3.82. The maximum absolute atomic E-state index is 12.5. The molecule has 1 amide bonds. The Labute approximate surface area is 128 Å². The van der Waals surface area contributed by atoms with Gasteiger partial charge in [-0.2, -0.15) is 0 Å². The molecule has 3 heterocycles. The van der Waals surface area contributed by atoms with Crippen molar-refractivity contribution < 1.29 is 4.79 Å². The summed E-state index contributed by atoms with van der Waals surface area (Å²) in [7, 11) is 1.85. The summed E-state index contributed by atoms with van der Waals surface area (Å²) >= 11 is 0. The summed E-state index contributed by atoms with van der Waals surface area (Å²) in [6, 6.07) is 7.81. The summed E-state index contributed by atoms with van der Waals surface area (Å²) in [6.45, 7) is 1.58. The maximum Gasteiger partial charge on any atom is 0.329 e. The lowest BCUT2D eigenvalue weighted by Crippen LogP contribution is -2.41. The lowest BCUT2D eigenvalue weighted by molar-refractivity contribution is 0.196. The second kappa shape index (κ2) is 4.98. The number of rotatable bonds is 3. The smallest absolute Gasteiger partial charge is 0.329 e. The zero-order valence-electron chi connectivity index (χ0n) is 12.4. The number of amides is 1. The number of aryl methyl sites for hydroxylation is 1. The molecule has 1 aliphatic heterocycles. The second-order valence-electron chi connectivity index (χ2n) is 5.74. The van der Waals surface area contributed by atoms with Gasteiger partial charge in [-0.1, -0.05) is 12.1 Å². The molecule has 1 unspecified atom stereocenters. The minimum Gasteiger partial charge on any atom is -0.337 e. The molecule has 0 radical (unpaired) electrons. The molecule has 0 saturated carbocycles. The summed E-state index contributed by atoms with van der Waals surface area (Å²) in [5.41, 5.74) is 1.77. The third-order valence-corrected chi connectivity index (χ3v) is 4.26. The molecule has 0 bridgehead atoms. The average molecular weight is 295 g/mol. The molecular formula is C16H17N5O. The van der Waals surface area contributed by atoms with E-state index in [2.05, 4.69) is 9.55 Å². The van der Waals surface area contributed by atoms with Gasteiger partial charge >= 0.3 is 6.03 Å². The minimum absolute atomic E-state index is 0.00239. The number of aromatic nitrogens is 4. The van der Waals surface area contributed by atoms with Crippen molar-refractivity contribution in [2.45, 2.75) is 18.9 Å². The summed E-state index contributed by atoms with van der Waals surface area (Å²) in [4.78, 5) is 23.1. The molecule has 6 heteroatoms. The van der Waals surface area contributed by atoms with Crippen LogP contribution in [0.25, 0.3) is 11.0 Å².